The van der Waals surface area contributed by atoms with Crippen LogP contribution in [0.2, 0.25) is 0 Å². The van der Waals surface area contributed by atoms with Crippen LogP contribution >= 0.6 is 0 Å². The summed E-state index contributed by atoms with van der Waals surface area (Å²) in [5.41, 5.74) is 1.05. The lowest BCUT2D eigenvalue weighted by molar-refractivity contribution is -0.137. The second kappa shape index (κ2) is 8.84. The van der Waals surface area contributed by atoms with Gasteiger partial charge in [-0.2, -0.15) is 4.31 Å². The van der Waals surface area contributed by atoms with Crippen LogP contribution in [-0.2, 0) is 21.4 Å². The highest BCUT2D eigenvalue weighted by molar-refractivity contribution is 7.89. The molecular weight excluding hydrogens is 379 g/mol. The van der Waals surface area contributed by atoms with Crippen molar-refractivity contribution in [1.29, 1.82) is 0 Å². The van der Waals surface area contributed by atoms with Crippen LogP contribution in [0.4, 0.5) is 4.39 Å². The lowest BCUT2D eigenvalue weighted by Gasteiger charge is -2.34. The van der Waals surface area contributed by atoms with Gasteiger partial charge in [0.25, 0.3) is 0 Å². The molecular formula is C21H25FN2O3S. The number of sulfonamides is 1. The SMILES string of the molecule is CCN(Cc1ccccc1)C(=O)[C@H]1CCCN(S(=O)(=O)c2ccc(F)cc2)C1. The summed E-state index contributed by atoms with van der Waals surface area (Å²) < 4.78 is 40.2. The van der Waals surface area contributed by atoms with Crippen molar-refractivity contribution in [3.8, 4) is 0 Å². The minimum absolute atomic E-state index is 0.0228. The number of hydrogen-bond acceptors (Lipinski definition) is 3. The molecule has 0 spiro atoms. The summed E-state index contributed by atoms with van der Waals surface area (Å²) >= 11 is 0. The van der Waals surface area contributed by atoms with E-state index in [0.29, 0.717) is 32.5 Å². The Morgan fingerprint density at radius 1 is 1.14 bits per heavy atom. The van der Waals surface area contributed by atoms with Gasteiger partial charge in [0.15, 0.2) is 0 Å². The van der Waals surface area contributed by atoms with Gasteiger partial charge in [-0.1, -0.05) is 30.3 Å². The molecule has 7 heteroatoms. The lowest BCUT2D eigenvalue weighted by Crippen LogP contribution is -2.46. The largest absolute Gasteiger partial charge is 0.338 e. The predicted octanol–water partition coefficient (Wildman–Crippen LogP) is 3.28. The van der Waals surface area contributed by atoms with Gasteiger partial charge in [0.2, 0.25) is 15.9 Å². The van der Waals surface area contributed by atoms with Gasteiger partial charge in [0.05, 0.1) is 10.8 Å². The second-order valence-corrected chi connectivity index (χ2v) is 8.93. The average Bonchev–Trinajstić information content (AvgIpc) is 2.72. The third-order valence-electron chi connectivity index (χ3n) is 5.09. The Hall–Kier alpha value is -2.25. The van der Waals surface area contributed by atoms with Crippen LogP contribution in [0.25, 0.3) is 0 Å². The fraction of sp³-hybridized carbons (Fsp3) is 0.381. The molecule has 0 radical (unpaired) electrons. The predicted molar refractivity (Wildman–Crippen MR) is 105 cm³/mol. The summed E-state index contributed by atoms with van der Waals surface area (Å²) in [7, 11) is -3.74. The number of amides is 1. The molecule has 0 unspecified atom stereocenters. The molecule has 28 heavy (non-hydrogen) atoms. The first kappa shape index (κ1) is 20.5. The highest BCUT2D eigenvalue weighted by Gasteiger charge is 2.34. The van der Waals surface area contributed by atoms with Gasteiger partial charge in [0, 0.05) is 26.2 Å². The molecule has 0 aromatic heterocycles. The molecule has 0 aliphatic carbocycles. The average molecular weight is 405 g/mol. The van der Waals surface area contributed by atoms with Gasteiger partial charge < -0.3 is 4.90 Å². The van der Waals surface area contributed by atoms with E-state index in [2.05, 4.69) is 0 Å². The van der Waals surface area contributed by atoms with Crippen LogP contribution in [0.3, 0.4) is 0 Å². The quantitative estimate of drug-likeness (QED) is 0.743. The van der Waals surface area contributed by atoms with Crippen molar-refractivity contribution >= 4 is 15.9 Å². The maximum atomic E-state index is 13.1. The summed E-state index contributed by atoms with van der Waals surface area (Å²) in [4.78, 5) is 14.9. The highest BCUT2D eigenvalue weighted by Crippen LogP contribution is 2.25. The molecule has 1 fully saturated rings. The maximum absolute atomic E-state index is 13.1. The Morgan fingerprint density at radius 2 is 1.82 bits per heavy atom. The Bertz CT molecular complexity index is 901. The van der Waals surface area contributed by atoms with Crippen LogP contribution < -0.4 is 0 Å². The molecule has 3 rings (SSSR count). The zero-order valence-electron chi connectivity index (χ0n) is 15.9. The number of halogens is 1. The first-order chi connectivity index (χ1) is 13.4. The first-order valence-corrected chi connectivity index (χ1v) is 10.9. The van der Waals surface area contributed by atoms with Gasteiger partial charge in [-0.25, -0.2) is 12.8 Å². The van der Waals surface area contributed by atoms with E-state index in [1.165, 1.54) is 16.4 Å². The van der Waals surface area contributed by atoms with Crippen molar-refractivity contribution in [2.75, 3.05) is 19.6 Å². The molecule has 1 aliphatic rings. The standard InChI is InChI=1S/C21H25FN2O3S/c1-2-23(15-17-7-4-3-5-8-17)21(25)18-9-6-14-24(16-18)28(26,27)20-12-10-19(22)11-13-20/h3-5,7-8,10-13,18H,2,6,9,14-16H2,1H3/t18-/m0/s1. The Kier molecular flexibility index (Phi) is 6.46. The molecule has 1 heterocycles. The van der Waals surface area contributed by atoms with E-state index in [9.17, 15) is 17.6 Å². The fourth-order valence-corrected chi connectivity index (χ4v) is 5.05. The van der Waals surface area contributed by atoms with Crippen molar-refractivity contribution in [3.05, 3.63) is 66.0 Å². The van der Waals surface area contributed by atoms with E-state index in [0.717, 1.165) is 17.7 Å². The van der Waals surface area contributed by atoms with Crippen LogP contribution in [0.5, 0.6) is 0 Å². The molecule has 150 valence electrons. The van der Waals surface area contributed by atoms with E-state index in [4.69, 9.17) is 0 Å². The molecule has 2 aromatic carbocycles. The molecule has 1 saturated heterocycles. The maximum Gasteiger partial charge on any atom is 0.243 e. The Balaban J connectivity index is 1.72. The number of carbonyl (C=O) groups excluding carboxylic acids is 1. The Morgan fingerprint density at radius 3 is 2.46 bits per heavy atom. The highest BCUT2D eigenvalue weighted by atomic mass is 32.2. The van der Waals surface area contributed by atoms with E-state index in [1.807, 2.05) is 37.3 Å². The zero-order valence-corrected chi connectivity index (χ0v) is 16.7. The third kappa shape index (κ3) is 4.59. The number of benzene rings is 2. The van der Waals surface area contributed by atoms with Crippen LogP contribution in [0, 0.1) is 11.7 Å². The van der Waals surface area contributed by atoms with Crippen LogP contribution in [-0.4, -0.2) is 43.2 Å². The van der Waals surface area contributed by atoms with Crippen molar-refractivity contribution in [1.82, 2.24) is 9.21 Å². The molecule has 0 N–H and O–H groups in total. The number of nitrogens with zero attached hydrogens (tertiary/aromatic N) is 2. The van der Waals surface area contributed by atoms with Gasteiger partial charge >= 0.3 is 0 Å². The molecule has 0 bridgehead atoms. The summed E-state index contributed by atoms with van der Waals surface area (Å²) in [5, 5.41) is 0. The molecule has 2 aromatic rings. The fourth-order valence-electron chi connectivity index (χ4n) is 3.53. The lowest BCUT2D eigenvalue weighted by atomic mass is 9.98. The third-order valence-corrected chi connectivity index (χ3v) is 6.97. The number of carbonyl (C=O) groups is 1. The van der Waals surface area contributed by atoms with Crippen LogP contribution in [0.15, 0.2) is 59.5 Å². The smallest absolute Gasteiger partial charge is 0.243 e. The van der Waals surface area contributed by atoms with Gasteiger partial charge in [-0.05, 0) is 49.6 Å². The van der Waals surface area contributed by atoms with E-state index in [1.54, 1.807) is 4.90 Å². The van der Waals surface area contributed by atoms with E-state index in [-0.39, 0.29) is 23.3 Å². The zero-order chi connectivity index (χ0) is 20.1. The summed E-state index contributed by atoms with van der Waals surface area (Å²) in [6, 6.07) is 14.6. The van der Waals surface area contributed by atoms with E-state index < -0.39 is 15.8 Å². The van der Waals surface area contributed by atoms with Gasteiger partial charge in [-0.3, -0.25) is 4.79 Å². The summed E-state index contributed by atoms with van der Waals surface area (Å²) in [6.45, 7) is 3.53. The van der Waals surface area contributed by atoms with Crippen molar-refractivity contribution in [2.45, 2.75) is 31.2 Å². The molecule has 1 atom stereocenters. The van der Waals surface area contributed by atoms with Crippen LogP contribution in [0.1, 0.15) is 25.3 Å². The minimum Gasteiger partial charge on any atom is -0.338 e. The number of rotatable bonds is 6. The second-order valence-electron chi connectivity index (χ2n) is 6.99. The normalized spacial score (nSPS) is 18.0. The summed E-state index contributed by atoms with van der Waals surface area (Å²) in [5.74, 6) is -0.872. The monoisotopic (exact) mass is 404 g/mol. The van der Waals surface area contributed by atoms with Gasteiger partial charge in [0.1, 0.15) is 5.82 Å². The Labute approximate surface area is 165 Å². The molecule has 1 aliphatic heterocycles. The topological polar surface area (TPSA) is 57.7 Å². The molecule has 1 amide bonds. The van der Waals surface area contributed by atoms with Crippen molar-refractivity contribution < 1.29 is 17.6 Å². The van der Waals surface area contributed by atoms with E-state index >= 15 is 0 Å². The van der Waals surface area contributed by atoms with Crippen molar-refractivity contribution in [2.24, 2.45) is 5.92 Å². The minimum atomic E-state index is -3.74. The molecule has 0 saturated carbocycles. The number of piperidine rings is 1. The van der Waals surface area contributed by atoms with Crippen molar-refractivity contribution in [3.63, 3.8) is 0 Å². The molecule has 5 nitrogen and oxygen atoms in total. The van der Waals surface area contributed by atoms with Gasteiger partial charge in [-0.15, -0.1) is 0 Å². The summed E-state index contributed by atoms with van der Waals surface area (Å²) in [6.07, 6.45) is 1.29. The number of hydrogen-bond donors (Lipinski definition) is 0. The first-order valence-electron chi connectivity index (χ1n) is 9.50.